The number of non-ortho nitro benzene ring substituents is 1. The maximum Gasteiger partial charge on any atom is 0.269 e. The summed E-state index contributed by atoms with van der Waals surface area (Å²) in [6.07, 6.45) is 2.93. The van der Waals surface area contributed by atoms with E-state index in [4.69, 9.17) is 0 Å². The van der Waals surface area contributed by atoms with Crippen molar-refractivity contribution in [2.45, 2.75) is 31.7 Å². The van der Waals surface area contributed by atoms with Crippen molar-refractivity contribution >= 4 is 11.6 Å². The number of hydrogen-bond acceptors (Lipinski definition) is 4. The summed E-state index contributed by atoms with van der Waals surface area (Å²) in [4.78, 5) is 24.4. The molecule has 0 radical (unpaired) electrons. The van der Waals surface area contributed by atoms with Gasteiger partial charge in [0.1, 0.15) is 0 Å². The van der Waals surface area contributed by atoms with E-state index in [-0.39, 0.29) is 11.6 Å². The van der Waals surface area contributed by atoms with Crippen LogP contribution in [0.2, 0.25) is 0 Å². The summed E-state index contributed by atoms with van der Waals surface area (Å²) in [6, 6.07) is 7.00. The van der Waals surface area contributed by atoms with Crippen LogP contribution in [0, 0.1) is 10.1 Å². The quantitative estimate of drug-likeness (QED) is 0.662. The van der Waals surface area contributed by atoms with Gasteiger partial charge in [-0.1, -0.05) is 12.1 Å². The summed E-state index contributed by atoms with van der Waals surface area (Å²) >= 11 is 0. The molecule has 0 aliphatic carbocycles. The molecule has 1 aromatic rings. The van der Waals surface area contributed by atoms with E-state index >= 15 is 0 Å². The molecule has 0 aromatic heterocycles. The summed E-state index contributed by atoms with van der Waals surface area (Å²) in [5.41, 5.74) is 0.914. The average Bonchev–Trinajstić information content (AvgIpc) is 2.53. The molecule has 0 saturated carbocycles. The number of piperidine rings is 1. The zero-order valence-electron chi connectivity index (χ0n) is 12.2. The molecular weight excluding hydrogens is 270 g/mol. The first-order chi connectivity index (χ1) is 10.1. The average molecular weight is 291 g/mol. The molecule has 2 rings (SSSR count). The lowest BCUT2D eigenvalue weighted by Crippen LogP contribution is -2.44. The van der Waals surface area contributed by atoms with Crippen molar-refractivity contribution in [3.05, 3.63) is 39.9 Å². The molecule has 6 nitrogen and oxygen atoms in total. The van der Waals surface area contributed by atoms with E-state index in [1.165, 1.54) is 6.07 Å². The Kier molecular flexibility index (Phi) is 5.27. The molecule has 1 aliphatic heterocycles. The molecule has 21 heavy (non-hydrogen) atoms. The molecule has 0 bridgehead atoms. The van der Waals surface area contributed by atoms with Crippen LogP contribution in [0.1, 0.15) is 24.8 Å². The predicted molar refractivity (Wildman–Crippen MR) is 80.1 cm³/mol. The van der Waals surface area contributed by atoms with Crippen LogP contribution in [0.25, 0.3) is 0 Å². The summed E-state index contributed by atoms with van der Waals surface area (Å²) in [5, 5.41) is 14.0. The van der Waals surface area contributed by atoms with E-state index in [1.54, 1.807) is 12.1 Å². The Morgan fingerprint density at radius 1 is 1.43 bits per heavy atom. The number of carbonyl (C=O) groups is 1. The molecule has 1 fully saturated rings. The number of nitrogens with one attached hydrogen (secondary N) is 1. The number of benzene rings is 1. The van der Waals surface area contributed by atoms with Crippen LogP contribution in [-0.2, 0) is 11.2 Å². The highest BCUT2D eigenvalue weighted by Gasteiger charge is 2.21. The summed E-state index contributed by atoms with van der Waals surface area (Å²) in [5.74, 6) is 0.135. The highest BCUT2D eigenvalue weighted by Crippen LogP contribution is 2.16. The number of likely N-dealkylation sites (tertiary alicyclic amines) is 1. The number of nitro benzene ring substituents is 1. The molecule has 1 heterocycles. The van der Waals surface area contributed by atoms with E-state index in [0.717, 1.165) is 31.5 Å². The van der Waals surface area contributed by atoms with Gasteiger partial charge in [-0.05, 0) is 31.9 Å². The highest BCUT2D eigenvalue weighted by atomic mass is 16.6. The summed E-state index contributed by atoms with van der Waals surface area (Å²) in [6.45, 7) is 1.58. The van der Waals surface area contributed by atoms with Crippen LogP contribution in [0.3, 0.4) is 0 Å². The minimum atomic E-state index is -0.409. The molecule has 1 amide bonds. The Bertz CT molecular complexity index is 511. The topological polar surface area (TPSA) is 75.5 Å². The Hall–Kier alpha value is -1.95. The van der Waals surface area contributed by atoms with Crippen LogP contribution in [0.4, 0.5) is 5.69 Å². The lowest BCUT2D eigenvalue weighted by atomic mass is 10.0. The van der Waals surface area contributed by atoms with Gasteiger partial charge >= 0.3 is 0 Å². The van der Waals surface area contributed by atoms with Gasteiger partial charge in [0.15, 0.2) is 0 Å². The molecule has 0 atom stereocenters. The molecule has 1 saturated heterocycles. The van der Waals surface area contributed by atoms with Crippen molar-refractivity contribution in [2.24, 2.45) is 0 Å². The third kappa shape index (κ3) is 4.26. The normalized spacial score (nSPS) is 16.0. The van der Waals surface area contributed by atoms with E-state index in [9.17, 15) is 14.9 Å². The maximum absolute atomic E-state index is 12.2. The Morgan fingerprint density at radius 2 is 2.14 bits per heavy atom. The zero-order valence-corrected chi connectivity index (χ0v) is 12.2. The van der Waals surface area contributed by atoms with Crippen molar-refractivity contribution in [2.75, 3.05) is 20.1 Å². The largest absolute Gasteiger partial charge is 0.343 e. The van der Waals surface area contributed by atoms with Gasteiger partial charge in [-0.2, -0.15) is 0 Å². The van der Waals surface area contributed by atoms with Gasteiger partial charge < -0.3 is 10.2 Å². The van der Waals surface area contributed by atoms with E-state index in [1.807, 2.05) is 18.0 Å². The second kappa shape index (κ2) is 7.17. The SMILES string of the molecule is CNC1CCN(C(=O)CCc2cccc([N+](=O)[O-])c2)CC1. The van der Waals surface area contributed by atoms with Crippen molar-refractivity contribution in [3.8, 4) is 0 Å². The fourth-order valence-corrected chi connectivity index (χ4v) is 2.65. The molecule has 0 spiro atoms. The van der Waals surface area contributed by atoms with Crippen LogP contribution in [0.15, 0.2) is 24.3 Å². The smallest absolute Gasteiger partial charge is 0.269 e. The molecular formula is C15H21N3O3. The van der Waals surface area contributed by atoms with Crippen molar-refractivity contribution < 1.29 is 9.72 Å². The maximum atomic E-state index is 12.2. The Balaban J connectivity index is 1.84. The monoisotopic (exact) mass is 291 g/mol. The van der Waals surface area contributed by atoms with Crippen LogP contribution >= 0.6 is 0 Å². The number of nitro groups is 1. The highest BCUT2D eigenvalue weighted by molar-refractivity contribution is 5.76. The van der Waals surface area contributed by atoms with E-state index in [0.29, 0.717) is 18.9 Å². The molecule has 1 aromatic carbocycles. The van der Waals surface area contributed by atoms with E-state index < -0.39 is 4.92 Å². The van der Waals surface area contributed by atoms with Crippen molar-refractivity contribution in [1.82, 2.24) is 10.2 Å². The van der Waals surface area contributed by atoms with Gasteiger partial charge in [0.05, 0.1) is 4.92 Å². The number of carbonyl (C=O) groups excluding carboxylic acids is 1. The Morgan fingerprint density at radius 3 is 2.76 bits per heavy atom. The zero-order chi connectivity index (χ0) is 15.2. The number of amides is 1. The predicted octanol–water partition coefficient (Wildman–Crippen LogP) is 1.74. The molecule has 6 heteroatoms. The van der Waals surface area contributed by atoms with Crippen molar-refractivity contribution in [3.63, 3.8) is 0 Å². The third-order valence-corrected chi connectivity index (χ3v) is 4.00. The van der Waals surface area contributed by atoms with E-state index in [2.05, 4.69) is 5.32 Å². The van der Waals surface area contributed by atoms with Gasteiger partial charge in [0, 0.05) is 37.7 Å². The first kappa shape index (κ1) is 15.4. The second-order valence-corrected chi connectivity index (χ2v) is 5.37. The van der Waals surface area contributed by atoms with Gasteiger partial charge in [-0.15, -0.1) is 0 Å². The molecule has 114 valence electrons. The number of aryl methyl sites for hydroxylation is 1. The summed E-state index contributed by atoms with van der Waals surface area (Å²) in [7, 11) is 1.95. The summed E-state index contributed by atoms with van der Waals surface area (Å²) < 4.78 is 0. The lowest BCUT2D eigenvalue weighted by Gasteiger charge is -2.31. The minimum Gasteiger partial charge on any atom is -0.343 e. The fourth-order valence-electron chi connectivity index (χ4n) is 2.65. The van der Waals surface area contributed by atoms with Crippen LogP contribution < -0.4 is 5.32 Å². The van der Waals surface area contributed by atoms with Gasteiger partial charge in [0.2, 0.25) is 5.91 Å². The fraction of sp³-hybridized carbons (Fsp3) is 0.533. The second-order valence-electron chi connectivity index (χ2n) is 5.37. The third-order valence-electron chi connectivity index (χ3n) is 4.00. The van der Waals surface area contributed by atoms with Crippen molar-refractivity contribution in [1.29, 1.82) is 0 Å². The van der Waals surface area contributed by atoms with Gasteiger partial charge in [-0.25, -0.2) is 0 Å². The number of hydrogen-bond donors (Lipinski definition) is 1. The Labute approximate surface area is 124 Å². The first-order valence-electron chi connectivity index (χ1n) is 7.28. The first-order valence-corrected chi connectivity index (χ1v) is 7.28. The van der Waals surface area contributed by atoms with Crippen LogP contribution in [-0.4, -0.2) is 41.9 Å². The number of rotatable bonds is 5. The van der Waals surface area contributed by atoms with Gasteiger partial charge in [-0.3, -0.25) is 14.9 Å². The lowest BCUT2D eigenvalue weighted by molar-refractivity contribution is -0.384. The van der Waals surface area contributed by atoms with Gasteiger partial charge in [0.25, 0.3) is 5.69 Å². The van der Waals surface area contributed by atoms with Crippen LogP contribution in [0.5, 0.6) is 0 Å². The molecule has 1 N–H and O–H groups in total. The molecule has 1 aliphatic rings. The molecule has 0 unspecified atom stereocenters. The minimum absolute atomic E-state index is 0.0785. The number of nitrogens with zero attached hydrogens (tertiary/aromatic N) is 2. The standard InChI is InChI=1S/C15H21N3O3/c1-16-13-7-9-17(10-8-13)15(19)6-5-12-3-2-4-14(11-12)18(20)21/h2-4,11,13,16H,5-10H2,1H3.